The van der Waals surface area contributed by atoms with Gasteiger partial charge in [0, 0.05) is 34.5 Å². The molecule has 1 heterocycles. The molecule has 0 saturated heterocycles. The average molecular weight is 433 g/mol. The first kappa shape index (κ1) is 20.7. The molecule has 9 nitrogen and oxygen atoms in total. The predicted octanol–water partition coefficient (Wildman–Crippen LogP) is 4.28. The molecule has 0 amide bonds. The van der Waals surface area contributed by atoms with Gasteiger partial charge in [0.25, 0.3) is 5.69 Å². The maximum absolute atomic E-state index is 12.5. The first-order valence-corrected chi connectivity index (χ1v) is 9.34. The Kier molecular flexibility index (Phi) is 5.15. The van der Waals surface area contributed by atoms with Gasteiger partial charge in [-0.3, -0.25) is 14.9 Å². The minimum atomic E-state index is -0.771. The molecule has 0 aliphatic rings. The summed E-state index contributed by atoms with van der Waals surface area (Å²) in [6.07, 6.45) is 0. The van der Waals surface area contributed by atoms with Crippen molar-refractivity contribution < 1.29 is 28.4 Å². The number of hydrogen-bond donors (Lipinski definition) is 0. The molecule has 160 valence electrons. The fraction of sp³-hybridized carbons (Fsp3) is 0.0870. The topological polar surface area (TPSA) is 126 Å². The van der Waals surface area contributed by atoms with Crippen molar-refractivity contribution in [2.75, 3.05) is 7.11 Å². The van der Waals surface area contributed by atoms with E-state index < -0.39 is 16.5 Å². The van der Waals surface area contributed by atoms with Crippen LogP contribution in [0, 0.1) is 10.1 Å². The van der Waals surface area contributed by atoms with E-state index in [1.807, 2.05) is 0 Å². The number of Topliss-reactive ketones (excluding diaryl/α,β-unsaturated/α-hetero) is 1. The van der Waals surface area contributed by atoms with Crippen LogP contribution in [0.25, 0.3) is 21.7 Å². The monoisotopic (exact) mass is 433 g/mol. The Morgan fingerprint density at radius 3 is 2.22 bits per heavy atom. The summed E-state index contributed by atoms with van der Waals surface area (Å²) in [7, 11) is 1.39. The van der Waals surface area contributed by atoms with E-state index in [4.69, 9.17) is 13.9 Å². The van der Waals surface area contributed by atoms with Gasteiger partial charge in [-0.25, -0.2) is 9.59 Å². The molecule has 0 aliphatic carbocycles. The smallest absolute Gasteiger partial charge is 0.344 e. The Hall–Kier alpha value is -4.53. The zero-order chi connectivity index (χ0) is 23.0. The minimum Gasteiger partial charge on any atom is -0.493 e. The lowest BCUT2D eigenvalue weighted by atomic mass is 10.0. The van der Waals surface area contributed by atoms with Crippen molar-refractivity contribution in [3.8, 4) is 11.5 Å². The molecule has 4 rings (SSSR count). The number of carbonyl (C=O) groups is 2. The van der Waals surface area contributed by atoms with Gasteiger partial charge in [-0.2, -0.15) is 0 Å². The molecule has 9 heteroatoms. The van der Waals surface area contributed by atoms with Gasteiger partial charge in [0.1, 0.15) is 5.58 Å². The minimum absolute atomic E-state index is 0.00575. The van der Waals surface area contributed by atoms with Gasteiger partial charge >= 0.3 is 11.6 Å². The number of nitro groups is 1. The molecule has 0 atom stereocenters. The van der Waals surface area contributed by atoms with E-state index >= 15 is 0 Å². The lowest BCUT2D eigenvalue weighted by Crippen LogP contribution is -2.09. The highest BCUT2D eigenvalue weighted by molar-refractivity contribution is 6.08. The average Bonchev–Trinajstić information content (AvgIpc) is 2.78. The highest BCUT2D eigenvalue weighted by Crippen LogP contribution is 2.35. The van der Waals surface area contributed by atoms with E-state index in [1.165, 1.54) is 50.4 Å². The Morgan fingerprint density at radius 2 is 1.59 bits per heavy atom. The second kappa shape index (κ2) is 7.95. The zero-order valence-corrected chi connectivity index (χ0v) is 16.9. The largest absolute Gasteiger partial charge is 0.493 e. The third-order valence-electron chi connectivity index (χ3n) is 4.92. The third kappa shape index (κ3) is 3.67. The van der Waals surface area contributed by atoms with Gasteiger partial charge in [0.15, 0.2) is 17.3 Å². The number of carbonyl (C=O) groups excluding carboxylic acids is 2. The molecule has 0 bridgehead atoms. The predicted molar refractivity (Wildman–Crippen MR) is 115 cm³/mol. The number of benzene rings is 3. The molecule has 0 radical (unpaired) electrons. The van der Waals surface area contributed by atoms with Crippen LogP contribution >= 0.6 is 0 Å². The van der Waals surface area contributed by atoms with E-state index in [2.05, 4.69) is 0 Å². The van der Waals surface area contributed by atoms with Gasteiger partial charge in [-0.15, -0.1) is 0 Å². The second-order valence-corrected chi connectivity index (χ2v) is 6.90. The van der Waals surface area contributed by atoms with Crippen LogP contribution < -0.4 is 15.1 Å². The van der Waals surface area contributed by atoms with Crippen molar-refractivity contribution in [3.05, 3.63) is 86.3 Å². The lowest BCUT2D eigenvalue weighted by molar-refractivity contribution is -0.384. The van der Waals surface area contributed by atoms with Crippen LogP contribution in [0.3, 0.4) is 0 Å². The first-order chi connectivity index (χ1) is 15.3. The molecule has 0 unspecified atom stereocenters. The normalized spacial score (nSPS) is 10.8. The summed E-state index contributed by atoms with van der Waals surface area (Å²) >= 11 is 0. The molecule has 0 saturated carbocycles. The van der Waals surface area contributed by atoms with E-state index in [1.54, 1.807) is 18.2 Å². The van der Waals surface area contributed by atoms with Crippen molar-refractivity contribution in [3.63, 3.8) is 0 Å². The molecule has 0 fully saturated rings. The van der Waals surface area contributed by atoms with Crippen LogP contribution in [0.2, 0.25) is 0 Å². The number of ether oxygens (including phenoxy) is 2. The summed E-state index contributed by atoms with van der Waals surface area (Å²) in [4.78, 5) is 46.8. The number of hydrogen-bond acceptors (Lipinski definition) is 8. The Labute approximate surface area is 179 Å². The van der Waals surface area contributed by atoms with Crippen LogP contribution in [0.4, 0.5) is 5.69 Å². The number of esters is 1. The van der Waals surface area contributed by atoms with Gasteiger partial charge in [-0.05, 0) is 31.2 Å². The van der Waals surface area contributed by atoms with Gasteiger partial charge in [0.2, 0.25) is 0 Å². The first-order valence-electron chi connectivity index (χ1n) is 9.34. The molecule has 3 aromatic carbocycles. The number of nitrogens with zero attached hydrogens (tertiary/aromatic N) is 1. The van der Waals surface area contributed by atoms with Crippen LogP contribution in [0.1, 0.15) is 27.6 Å². The standard InChI is InChI=1S/C23H15NO8/c1-12(25)14-5-8-16-17-10-20(30-2)21(11-19(17)31-23(27)18(16)9-14)32-22(26)13-3-6-15(7-4-13)24(28)29/h3-11H,1-2H3. The summed E-state index contributed by atoms with van der Waals surface area (Å²) in [5.41, 5.74) is -0.176. The summed E-state index contributed by atoms with van der Waals surface area (Å²) in [5.74, 6) is -0.742. The number of ketones is 1. The third-order valence-corrected chi connectivity index (χ3v) is 4.92. The van der Waals surface area contributed by atoms with Gasteiger partial charge in [-0.1, -0.05) is 12.1 Å². The van der Waals surface area contributed by atoms with Crippen molar-refractivity contribution in [1.29, 1.82) is 0 Å². The fourth-order valence-corrected chi connectivity index (χ4v) is 3.28. The van der Waals surface area contributed by atoms with E-state index in [0.29, 0.717) is 16.3 Å². The van der Waals surface area contributed by atoms with Crippen molar-refractivity contribution in [1.82, 2.24) is 0 Å². The zero-order valence-electron chi connectivity index (χ0n) is 16.9. The number of non-ortho nitro benzene ring substituents is 1. The van der Waals surface area contributed by atoms with Crippen LogP contribution in [0.5, 0.6) is 11.5 Å². The highest BCUT2D eigenvalue weighted by Gasteiger charge is 2.18. The summed E-state index contributed by atoms with van der Waals surface area (Å²) in [5, 5.41) is 12.1. The molecular weight excluding hydrogens is 418 g/mol. The van der Waals surface area contributed by atoms with Crippen LogP contribution in [0.15, 0.2) is 63.8 Å². The summed E-state index contributed by atoms with van der Waals surface area (Å²) in [6, 6.07) is 12.6. The van der Waals surface area contributed by atoms with Gasteiger partial charge < -0.3 is 13.9 Å². The van der Waals surface area contributed by atoms with Crippen LogP contribution in [-0.2, 0) is 0 Å². The van der Waals surface area contributed by atoms with E-state index in [0.717, 1.165) is 0 Å². The lowest BCUT2D eigenvalue weighted by Gasteiger charge is -2.11. The fourth-order valence-electron chi connectivity index (χ4n) is 3.28. The Morgan fingerprint density at radius 1 is 0.906 bits per heavy atom. The molecule has 0 N–H and O–H groups in total. The molecule has 1 aromatic heterocycles. The van der Waals surface area contributed by atoms with Gasteiger partial charge in [0.05, 0.1) is 23.0 Å². The molecular formula is C23H15NO8. The number of methoxy groups -OCH3 is 1. The van der Waals surface area contributed by atoms with E-state index in [-0.39, 0.29) is 39.5 Å². The molecule has 4 aromatic rings. The summed E-state index contributed by atoms with van der Waals surface area (Å²) < 4.78 is 16.1. The molecule has 0 aliphatic heterocycles. The molecule has 32 heavy (non-hydrogen) atoms. The number of nitro benzene ring substituents is 1. The van der Waals surface area contributed by atoms with Crippen molar-refractivity contribution in [2.45, 2.75) is 6.92 Å². The SMILES string of the molecule is COc1cc2c(cc1OC(=O)c1ccc([N+](=O)[O-])cc1)oc(=O)c1cc(C(C)=O)ccc12. The Balaban J connectivity index is 1.78. The number of rotatable bonds is 5. The highest BCUT2D eigenvalue weighted by atomic mass is 16.6. The quantitative estimate of drug-likeness (QED) is 0.0868. The van der Waals surface area contributed by atoms with E-state index in [9.17, 15) is 24.5 Å². The number of fused-ring (bicyclic) bond motifs is 3. The van der Waals surface area contributed by atoms with Crippen LogP contribution in [-0.4, -0.2) is 23.8 Å². The van der Waals surface area contributed by atoms with Crippen molar-refractivity contribution in [2.24, 2.45) is 0 Å². The van der Waals surface area contributed by atoms with Crippen molar-refractivity contribution >= 4 is 39.2 Å². The second-order valence-electron chi connectivity index (χ2n) is 6.90. The Bertz CT molecular complexity index is 1470. The maximum Gasteiger partial charge on any atom is 0.344 e. The maximum atomic E-state index is 12.5. The summed E-state index contributed by atoms with van der Waals surface area (Å²) in [6.45, 7) is 1.40. The molecule has 0 spiro atoms.